The van der Waals surface area contributed by atoms with E-state index in [9.17, 15) is 4.79 Å². The fourth-order valence-electron chi connectivity index (χ4n) is 2.12. The van der Waals surface area contributed by atoms with E-state index in [4.69, 9.17) is 21.1 Å². The van der Waals surface area contributed by atoms with Crippen molar-refractivity contribution in [1.29, 1.82) is 0 Å². The van der Waals surface area contributed by atoms with Gasteiger partial charge in [-0.25, -0.2) is 9.79 Å². The minimum atomic E-state index is 0.231. The van der Waals surface area contributed by atoms with Crippen molar-refractivity contribution in [2.75, 3.05) is 13.2 Å². The van der Waals surface area contributed by atoms with Crippen molar-refractivity contribution in [3.8, 4) is 11.5 Å². The van der Waals surface area contributed by atoms with Gasteiger partial charge in [0.1, 0.15) is 13.2 Å². The number of isocyanates is 1. The van der Waals surface area contributed by atoms with E-state index in [1.165, 1.54) is 0 Å². The molecule has 0 atom stereocenters. The summed E-state index contributed by atoms with van der Waals surface area (Å²) in [7, 11) is 0. The molecule has 0 aromatic heterocycles. The van der Waals surface area contributed by atoms with Gasteiger partial charge in [0.15, 0.2) is 11.5 Å². The van der Waals surface area contributed by atoms with E-state index >= 15 is 0 Å². The molecule has 0 spiro atoms. The highest BCUT2D eigenvalue weighted by molar-refractivity contribution is 6.32. The third kappa shape index (κ3) is 2.35. The quantitative estimate of drug-likeness (QED) is 0.625. The molecule has 1 aliphatic rings. The summed E-state index contributed by atoms with van der Waals surface area (Å²) >= 11 is 6.16. The predicted molar refractivity (Wildman–Crippen MR) is 68.4 cm³/mol. The van der Waals surface area contributed by atoms with Gasteiger partial charge in [-0.1, -0.05) is 25.4 Å². The molecular weight excluding hydrogens is 254 g/mol. The molecule has 0 saturated heterocycles. The van der Waals surface area contributed by atoms with E-state index in [0.29, 0.717) is 29.7 Å². The van der Waals surface area contributed by atoms with Gasteiger partial charge in [-0.15, -0.1) is 0 Å². The lowest BCUT2D eigenvalue weighted by atomic mass is 9.95. The minimum Gasteiger partial charge on any atom is -0.486 e. The zero-order valence-corrected chi connectivity index (χ0v) is 11.1. The van der Waals surface area contributed by atoms with Crippen molar-refractivity contribution in [1.82, 2.24) is 0 Å². The van der Waals surface area contributed by atoms with Crippen LogP contribution in [-0.2, 0) is 11.3 Å². The zero-order chi connectivity index (χ0) is 13.1. The van der Waals surface area contributed by atoms with Crippen LogP contribution in [0.15, 0.2) is 11.1 Å². The summed E-state index contributed by atoms with van der Waals surface area (Å²) in [4.78, 5) is 13.9. The number of ether oxygens (including phenoxy) is 2. The number of hydrogen-bond acceptors (Lipinski definition) is 4. The smallest absolute Gasteiger partial charge is 0.235 e. The predicted octanol–water partition coefficient (Wildman–Crippen LogP) is 3.07. The number of carbonyl (C=O) groups excluding carboxylic acids is 1. The van der Waals surface area contributed by atoms with Crippen molar-refractivity contribution in [2.24, 2.45) is 4.99 Å². The summed E-state index contributed by atoms with van der Waals surface area (Å²) in [6, 6.07) is 1.78. The summed E-state index contributed by atoms with van der Waals surface area (Å²) < 4.78 is 11.2. The Morgan fingerprint density at radius 1 is 1.39 bits per heavy atom. The molecule has 0 radical (unpaired) electrons. The lowest BCUT2D eigenvalue weighted by Gasteiger charge is -2.25. The van der Waals surface area contributed by atoms with Gasteiger partial charge in [0, 0.05) is 5.56 Å². The van der Waals surface area contributed by atoms with Gasteiger partial charge in [0.2, 0.25) is 6.08 Å². The zero-order valence-electron chi connectivity index (χ0n) is 10.3. The van der Waals surface area contributed by atoms with Crippen LogP contribution in [0.25, 0.3) is 0 Å². The highest BCUT2D eigenvalue weighted by atomic mass is 35.5. The van der Waals surface area contributed by atoms with E-state index in [-0.39, 0.29) is 12.5 Å². The van der Waals surface area contributed by atoms with Crippen molar-refractivity contribution in [2.45, 2.75) is 26.3 Å². The summed E-state index contributed by atoms with van der Waals surface area (Å²) in [6.07, 6.45) is 1.54. The highest BCUT2D eigenvalue weighted by Crippen LogP contribution is 2.45. The molecule has 0 bridgehead atoms. The van der Waals surface area contributed by atoms with Crippen LogP contribution < -0.4 is 9.47 Å². The summed E-state index contributed by atoms with van der Waals surface area (Å²) in [5.41, 5.74) is 1.87. The first-order valence-electron chi connectivity index (χ1n) is 5.79. The molecule has 0 saturated carbocycles. The average molecular weight is 268 g/mol. The van der Waals surface area contributed by atoms with Crippen molar-refractivity contribution in [3.05, 3.63) is 22.2 Å². The molecule has 4 nitrogen and oxygen atoms in total. The molecule has 5 heteroatoms. The van der Waals surface area contributed by atoms with Crippen LogP contribution in [0.1, 0.15) is 30.9 Å². The Morgan fingerprint density at radius 2 is 2.06 bits per heavy atom. The second-order valence-corrected chi connectivity index (χ2v) is 4.76. The van der Waals surface area contributed by atoms with Crippen LogP contribution in [0, 0.1) is 0 Å². The van der Waals surface area contributed by atoms with Gasteiger partial charge in [-0.2, -0.15) is 0 Å². The molecule has 1 aliphatic heterocycles. The van der Waals surface area contributed by atoms with E-state index in [0.717, 1.165) is 11.1 Å². The van der Waals surface area contributed by atoms with Gasteiger partial charge in [0.05, 0.1) is 11.6 Å². The number of nitrogens with zero attached hydrogens (tertiary/aromatic N) is 1. The molecule has 0 unspecified atom stereocenters. The first-order chi connectivity index (χ1) is 8.65. The van der Waals surface area contributed by atoms with Gasteiger partial charge in [-0.3, -0.25) is 0 Å². The van der Waals surface area contributed by atoms with Crippen LogP contribution in [-0.4, -0.2) is 19.3 Å². The summed E-state index contributed by atoms with van der Waals surface area (Å²) in [5, 5.41) is 0.491. The van der Waals surface area contributed by atoms with Crippen LogP contribution >= 0.6 is 11.6 Å². The van der Waals surface area contributed by atoms with E-state index < -0.39 is 0 Å². The third-order valence-corrected chi connectivity index (χ3v) is 3.06. The number of fused-ring (bicyclic) bond motifs is 1. The maximum absolute atomic E-state index is 10.3. The molecule has 0 aliphatic carbocycles. The van der Waals surface area contributed by atoms with Crippen LogP contribution in [0.2, 0.25) is 5.02 Å². The Hall–Kier alpha value is -1.51. The second-order valence-electron chi connectivity index (χ2n) is 4.35. The van der Waals surface area contributed by atoms with Gasteiger partial charge >= 0.3 is 0 Å². The molecule has 1 heterocycles. The molecule has 0 amide bonds. The number of benzene rings is 1. The number of hydrogen-bond donors (Lipinski definition) is 0. The van der Waals surface area contributed by atoms with Crippen molar-refractivity contribution in [3.63, 3.8) is 0 Å². The molecule has 0 fully saturated rings. The van der Waals surface area contributed by atoms with Crippen molar-refractivity contribution >= 4 is 17.7 Å². The van der Waals surface area contributed by atoms with Crippen molar-refractivity contribution < 1.29 is 14.3 Å². The maximum atomic E-state index is 10.3. The SMILES string of the molecule is CC(C)c1c(CN=C=O)cc(Cl)c2c1OCCO2. The molecule has 18 heavy (non-hydrogen) atoms. The maximum Gasteiger partial charge on any atom is 0.235 e. The Bertz CT molecular complexity index is 507. The van der Waals surface area contributed by atoms with E-state index in [2.05, 4.69) is 18.8 Å². The topological polar surface area (TPSA) is 47.9 Å². The fraction of sp³-hybridized carbons (Fsp3) is 0.462. The number of halogens is 1. The monoisotopic (exact) mass is 267 g/mol. The standard InChI is InChI=1S/C13H14ClNO3/c1-8(2)11-9(6-15-7-16)5-10(14)12-13(11)18-4-3-17-12/h5,8H,3-4,6H2,1-2H3. The van der Waals surface area contributed by atoms with Gasteiger partial charge < -0.3 is 9.47 Å². The average Bonchev–Trinajstić information content (AvgIpc) is 2.36. The number of aliphatic imine (C=N–C) groups is 1. The molecule has 1 aromatic carbocycles. The lowest BCUT2D eigenvalue weighted by molar-refractivity contribution is 0.169. The molecule has 0 N–H and O–H groups in total. The Labute approximate surface area is 111 Å². The normalized spacial score (nSPS) is 13.3. The van der Waals surface area contributed by atoms with Crippen LogP contribution in [0.5, 0.6) is 11.5 Å². The second kappa shape index (κ2) is 5.42. The fourth-order valence-corrected chi connectivity index (χ4v) is 2.39. The van der Waals surface area contributed by atoms with E-state index in [1.54, 1.807) is 12.1 Å². The van der Waals surface area contributed by atoms with Crippen LogP contribution in [0.3, 0.4) is 0 Å². The Kier molecular flexibility index (Phi) is 3.90. The third-order valence-electron chi connectivity index (χ3n) is 2.78. The molecule has 1 aromatic rings. The highest BCUT2D eigenvalue weighted by Gasteiger charge is 2.24. The molecule has 96 valence electrons. The minimum absolute atomic E-state index is 0.231. The molecule has 2 rings (SSSR count). The first kappa shape index (κ1) is 12.9. The lowest BCUT2D eigenvalue weighted by Crippen LogP contribution is -2.18. The van der Waals surface area contributed by atoms with E-state index in [1.807, 2.05) is 0 Å². The largest absolute Gasteiger partial charge is 0.486 e. The summed E-state index contributed by atoms with van der Waals surface area (Å²) in [6.45, 7) is 5.36. The summed E-state index contributed by atoms with van der Waals surface area (Å²) in [5.74, 6) is 1.50. The first-order valence-corrected chi connectivity index (χ1v) is 6.17. The Balaban J connectivity index is 2.59. The molecular formula is C13H14ClNO3. The van der Waals surface area contributed by atoms with Gasteiger partial charge in [0.25, 0.3) is 0 Å². The van der Waals surface area contributed by atoms with Crippen LogP contribution in [0.4, 0.5) is 0 Å². The van der Waals surface area contributed by atoms with Gasteiger partial charge in [-0.05, 0) is 17.5 Å². The number of rotatable bonds is 3. The Morgan fingerprint density at radius 3 is 2.67 bits per heavy atom.